The van der Waals surface area contributed by atoms with Crippen molar-refractivity contribution in [1.82, 2.24) is 24.8 Å². The molecule has 26 heavy (non-hydrogen) atoms. The second-order valence-corrected chi connectivity index (χ2v) is 7.86. The zero-order valence-electron chi connectivity index (χ0n) is 15.0. The fourth-order valence-electron chi connectivity index (χ4n) is 2.35. The number of carbonyl (C=O) groups is 1. The van der Waals surface area contributed by atoms with Gasteiger partial charge in [-0.05, 0) is 18.6 Å². The Morgan fingerprint density at radius 3 is 2.69 bits per heavy atom. The number of hydrogen-bond donors (Lipinski definition) is 2. The van der Waals surface area contributed by atoms with E-state index < -0.39 is 5.41 Å². The summed E-state index contributed by atoms with van der Waals surface area (Å²) >= 11 is 1.21. The fourth-order valence-corrected chi connectivity index (χ4v) is 3.03. The fraction of sp³-hybridized carbons (Fsp3) is 0.353. The van der Waals surface area contributed by atoms with Crippen LogP contribution < -0.4 is 10.9 Å². The van der Waals surface area contributed by atoms with Gasteiger partial charge in [-0.2, -0.15) is 9.61 Å². The Balaban J connectivity index is 1.78. The van der Waals surface area contributed by atoms with Crippen LogP contribution in [0.1, 0.15) is 32.0 Å². The summed E-state index contributed by atoms with van der Waals surface area (Å²) < 4.78 is 1.47. The third-order valence-electron chi connectivity index (χ3n) is 3.71. The molecule has 0 aliphatic rings. The predicted molar refractivity (Wildman–Crippen MR) is 101 cm³/mol. The van der Waals surface area contributed by atoms with Crippen LogP contribution in [0.3, 0.4) is 0 Å². The van der Waals surface area contributed by atoms with Crippen LogP contribution in [0, 0.1) is 6.92 Å². The highest BCUT2D eigenvalue weighted by Crippen LogP contribution is 2.19. The molecule has 0 aliphatic heterocycles. The summed E-state index contributed by atoms with van der Waals surface area (Å²) in [7, 11) is 0. The van der Waals surface area contributed by atoms with Gasteiger partial charge < -0.3 is 5.32 Å². The van der Waals surface area contributed by atoms with Crippen LogP contribution in [-0.4, -0.2) is 36.5 Å². The lowest BCUT2D eigenvalue weighted by Gasteiger charge is -2.15. The van der Waals surface area contributed by atoms with Gasteiger partial charge >= 0.3 is 0 Å². The number of amides is 1. The van der Waals surface area contributed by atoms with Gasteiger partial charge in [-0.25, -0.2) is 0 Å². The molecular weight excluding hydrogens is 352 g/mol. The number of hydrogen-bond acceptors (Lipinski definition) is 6. The monoisotopic (exact) mass is 372 g/mol. The van der Waals surface area contributed by atoms with Crippen LogP contribution in [0.4, 0.5) is 5.69 Å². The van der Waals surface area contributed by atoms with E-state index in [1.165, 1.54) is 16.3 Å². The predicted octanol–water partition coefficient (Wildman–Crippen LogP) is 2.15. The molecule has 3 aromatic rings. The number of anilines is 1. The van der Waals surface area contributed by atoms with Crippen molar-refractivity contribution in [1.29, 1.82) is 0 Å². The average Bonchev–Trinajstić information content (AvgIpc) is 2.95. The number of thioether (sulfide) groups is 1. The summed E-state index contributed by atoms with van der Waals surface area (Å²) in [6, 6.07) is 7.58. The van der Waals surface area contributed by atoms with Gasteiger partial charge in [0, 0.05) is 11.1 Å². The molecule has 1 amide bonds. The minimum absolute atomic E-state index is 0.151. The minimum Gasteiger partial charge on any atom is -0.325 e. The van der Waals surface area contributed by atoms with Crippen molar-refractivity contribution >= 4 is 29.1 Å². The molecule has 3 rings (SSSR count). The Bertz CT molecular complexity index is 1020. The SMILES string of the molecule is Cc1ccccc1NC(=O)CSc1nnc2[nH]c(=O)c(C(C)(C)C)nn12. The maximum atomic E-state index is 12.2. The van der Waals surface area contributed by atoms with E-state index in [1.54, 1.807) is 0 Å². The van der Waals surface area contributed by atoms with Gasteiger partial charge in [-0.15, -0.1) is 10.2 Å². The van der Waals surface area contributed by atoms with Gasteiger partial charge in [-0.3, -0.25) is 14.6 Å². The highest BCUT2D eigenvalue weighted by molar-refractivity contribution is 7.99. The number of aromatic amines is 1. The van der Waals surface area contributed by atoms with Crippen LogP contribution >= 0.6 is 11.8 Å². The number of aromatic nitrogens is 5. The van der Waals surface area contributed by atoms with Crippen LogP contribution in [0.5, 0.6) is 0 Å². The molecule has 0 saturated carbocycles. The van der Waals surface area contributed by atoms with E-state index >= 15 is 0 Å². The van der Waals surface area contributed by atoms with E-state index in [0.717, 1.165) is 11.3 Å². The summed E-state index contributed by atoms with van der Waals surface area (Å²) in [5, 5.41) is 15.6. The van der Waals surface area contributed by atoms with Crippen molar-refractivity contribution in [2.75, 3.05) is 11.1 Å². The Hall–Kier alpha value is -2.68. The molecule has 0 fully saturated rings. The number of carbonyl (C=O) groups excluding carboxylic acids is 1. The summed E-state index contributed by atoms with van der Waals surface area (Å²) in [5.41, 5.74) is 1.45. The quantitative estimate of drug-likeness (QED) is 0.680. The van der Waals surface area contributed by atoms with Crippen LogP contribution in [0.2, 0.25) is 0 Å². The number of nitrogens with one attached hydrogen (secondary N) is 2. The number of rotatable bonds is 4. The summed E-state index contributed by atoms with van der Waals surface area (Å²) in [6.07, 6.45) is 0. The molecule has 0 atom stereocenters. The van der Waals surface area contributed by atoms with E-state index in [2.05, 4.69) is 25.6 Å². The van der Waals surface area contributed by atoms with Crippen molar-refractivity contribution in [2.24, 2.45) is 0 Å². The normalized spacial score (nSPS) is 11.7. The van der Waals surface area contributed by atoms with Gasteiger partial charge in [0.05, 0.1) is 5.75 Å². The molecule has 8 nitrogen and oxygen atoms in total. The lowest BCUT2D eigenvalue weighted by atomic mass is 9.93. The van der Waals surface area contributed by atoms with Crippen molar-refractivity contribution in [2.45, 2.75) is 38.3 Å². The zero-order chi connectivity index (χ0) is 18.9. The first-order valence-electron chi connectivity index (χ1n) is 8.10. The molecule has 1 aromatic carbocycles. The third kappa shape index (κ3) is 3.77. The standard InChI is InChI=1S/C17H20N6O2S/c1-10-7-5-6-8-11(10)18-12(24)9-26-16-21-20-15-19-14(25)13(17(2,3)4)22-23(15)16/h5-8H,9H2,1-4H3,(H,18,24)(H,19,20,25). The van der Waals surface area contributed by atoms with Crippen LogP contribution in [0.25, 0.3) is 5.78 Å². The van der Waals surface area contributed by atoms with Gasteiger partial charge in [0.15, 0.2) is 0 Å². The van der Waals surface area contributed by atoms with E-state index in [-0.39, 0.29) is 23.0 Å². The van der Waals surface area contributed by atoms with Gasteiger partial charge in [0.25, 0.3) is 11.3 Å². The maximum absolute atomic E-state index is 12.2. The number of fused-ring (bicyclic) bond motifs is 1. The van der Waals surface area contributed by atoms with Crippen LogP contribution in [-0.2, 0) is 10.2 Å². The number of H-pyrrole nitrogens is 1. The smallest absolute Gasteiger partial charge is 0.274 e. The first kappa shape index (κ1) is 18.1. The van der Waals surface area contributed by atoms with E-state index in [4.69, 9.17) is 0 Å². The molecular formula is C17H20N6O2S. The van der Waals surface area contributed by atoms with E-state index in [9.17, 15) is 9.59 Å². The van der Waals surface area contributed by atoms with Gasteiger partial charge in [0.1, 0.15) is 5.69 Å². The van der Waals surface area contributed by atoms with Crippen LogP contribution in [0.15, 0.2) is 34.2 Å². The number of benzene rings is 1. The Morgan fingerprint density at radius 1 is 1.27 bits per heavy atom. The largest absolute Gasteiger partial charge is 0.325 e. The molecule has 0 aliphatic carbocycles. The molecule has 2 heterocycles. The second kappa shape index (κ2) is 6.91. The lowest BCUT2D eigenvalue weighted by molar-refractivity contribution is -0.113. The molecule has 2 N–H and O–H groups in total. The average molecular weight is 372 g/mol. The number of para-hydroxylation sites is 1. The molecule has 0 bridgehead atoms. The number of nitrogens with zero attached hydrogens (tertiary/aromatic N) is 4. The van der Waals surface area contributed by atoms with Crippen molar-refractivity contribution in [3.05, 3.63) is 45.9 Å². The first-order valence-corrected chi connectivity index (χ1v) is 9.09. The highest BCUT2D eigenvalue weighted by Gasteiger charge is 2.22. The molecule has 0 spiro atoms. The molecule has 136 valence electrons. The summed E-state index contributed by atoms with van der Waals surface area (Å²) in [6.45, 7) is 7.65. The lowest BCUT2D eigenvalue weighted by Crippen LogP contribution is -2.28. The Morgan fingerprint density at radius 2 is 2.00 bits per heavy atom. The zero-order valence-corrected chi connectivity index (χ0v) is 15.8. The number of aryl methyl sites for hydroxylation is 1. The minimum atomic E-state index is -0.420. The second-order valence-electron chi connectivity index (χ2n) is 6.92. The Kier molecular flexibility index (Phi) is 4.82. The van der Waals surface area contributed by atoms with Gasteiger partial charge in [0.2, 0.25) is 11.1 Å². The van der Waals surface area contributed by atoms with Crippen molar-refractivity contribution in [3.63, 3.8) is 0 Å². The molecule has 9 heteroatoms. The molecule has 0 saturated heterocycles. The third-order valence-corrected chi connectivity index (χ3v) is 4.63. The summed E-state index contributed by atoms with van der Waals surface area (Å²) in [4.78, 5) is 27.0. The summed E-state index contributed by atoms with van der Waals surface area (Å²) in [5.74, 6) is 0.257. The van der Waals surface area contributed by atoms with Crippen molar-refractivity contribution in [3.8, 4) is 0 Å². The molecule has 2 aromatic heterocycles. The molecule has 0 unspecified atom stereocenters. The Labute approximate surface area is 154 Å². The van der Waals surface area contributed by atoms with E-state index in [0.29, 0.717) is 10.9 Å². The van der Waals surface area contributed by atoms with E-state index in [1.807, 2.05) is 52.0 Å². The topological polar surface area (TPSA) is 105 Å². The maximum Gasteiger partial charge on any atom is 0.274 e. The van der Waals surface area contributed by atoms with Gasteiger partial charge in [-0.1, -0.05) is 50.7 Å². The van der Waals surface area contributed by atoms with Crippen molar-refractivity contribution < 1.29 is 4.79 Å². The highest BCUT2D eigenvalue weighted by atomic mass is 32.2. The molecule has 0 radical (unpaired) electrons. The first-order chi connectivity index (χ1) is 12.3.